The first-order valence-corrected chi connectivity index (χ1v) is 7.37. The quantitative estimate of drug-likeness (QED) is 0.863. The van der Waals surface area contributed by atoms with E-state index in [1.165, 1.54) is 12.3 Å². The molecule has 1 fully saturated rings. The van der Waals surface area contributed by atoms with Crippen molar-refractivity contribution in [2.24, 2.45) is 0 Å². The smallest absolute Gasteiger partial charge is 0.141 e. The van der Waals surface area contributed by atoms with Crippen LogP contribution in [0.4, 0.5) is 10.2 Å². The van der Waals surface area contributed by atoms with Crippen LogP contribution in [0.5, 0.6) is 0 Å². The van der Waals surface area contributed by atoms with Crippen LogP contribution >= 0.6 is 0 Å². The molecule has 0 bridgehead atoms. The molecule has 0 unspecified atom stereocenters. The average Bonchev–Trinajstić information content (AvgIpc) is 2.42. The summed E-state index contributed by atoms with van der Waals surface area (Å²) in [7, 11) is 2.06. The fourth-order valence-electron chi connectivity index (χ4n) is 2.71. The molecular weight excluding hydrogens is 281 g/mol. The van der Waals surface area contributed by atoms with Gasteiger partial charge in [0, 0.05) is 43.1 Å². The lowest BCUT2D eigenvalue weighted by Crippen LogP contribution is -2.58. The fourth-order valence-corrected chi connectivity index (χ4v) is 2.71. The predicted octanol–water partition coefficient (Wildman–Crippen LogP) is 1.95. The van der Waals surface area contributed by atoms with Crippen LogP contribution in [0.2, 0.25) is 0 Å². The Hall–Kier alpha value is -2.08. The lowest BCUT2D eigenvalue weighted by atomic mass is 10.1. The SMILES string of the molecule is Cc1ncnc(N2CC(N(C)Cc3cncc(F)c3)C2)c1C. The molecule has 22 heavy (non-hydrogen) atoms. The molecule has 3 heterocycles. The van der Waals surface area contributed by atoms with Gasteiger partial charge in [-0.05, 0) is 32.5 Å². The van der Waals surface area contributed by atoms with Crippen LogP contribution in [-0.4, -0.2) is 46.0 Å². The van der Waals surface area contributed by atoms with Crippen molar-refractivity contribution < 1.29 is 4.39 Å². The Labute approximate surface area is 129 Å². The van der Waals surface area contributed by atoms with E-state index in [0.29, 0.717) is 12.6 Å². The van der Waals surface area contributed by atoms with E-state index in [9.17, 15) is 4.39 Å². The summed E-state index contributed by atoms with van der Waals surface area (Å²) >= 11 is 0. The van der Waals surface area contributed by atoms with Crippen molar-refractivity contribution >= 4 is 5.82 Å². The predicted molar refractivity (Wildman–Crippen MR) is 83.2 cm³/mol. The van der Waals surface area contributed by atoms with Crippen molar-refractivity contribution in [1.29, 1.82) is 0 Å². The molecule has 6 heteroatoms. The normalized spacial score (nSPS) is 15.2. The Morgan fingerprint density at radius 3 is 2.77 bits per heavy atom. The highest BCUT2D eigenvalue weighted by Gasteiger charge is 2.31. The van der Waals surface area contributed by atoms with Crippen molar-refractivity contribution in [3.05, 3.63) is 47.4 Å². The molecule has 1 aliphatic rings. The third-order valence-electron chi connectivity index (χ3n) is 4.29. The molecule has 2 aromatic rings. The first kappa shape index (κ1) is 14.8. The van der Waals surface area contributed by atoms with E-state index in [-0.39, 0.29) is 5.82 Å². The third-order valence-corrected chi connectivity index (χ3v) is 4.29. The van der Waals surface area contributed by atoms with Gasteiger partial charge in [-0.3, -0.25) is 9.88 Å². The summed E-state index contributed by atoms with van der Waals surface area (Å²) in [6.45, 7) is 6.61. The molecule has 1 aliphatic heterocycles. The van der Waals surface area contributed by atoms with Gasteiger partial charge in [-0.2, -0.15) is 0 Å². The molecule has 0 N–H and O–H groups in total. The highest BCUT2D eigenvalue weighted by Crippen LogP contribution is 2.25. The minimum absolute atomic E-state index is 0.284. The number of likely N-dealkylation sites (N-methyl/N-ethyl adjacent to an activating group) is 1. The molecule has 2 aromatic heterocycles. The average molecular weight is 301 g/mol. The summed E-state index contributed by atoms with van der Waals surface area (Å²) < 4.78 is 13.2. The molecule has 0 amide bonds. The Morgan fingerprint density at radius 1 is 1.27 bits per heavy atom. The molecule has 3 rings (SSSR count). The van der Waals surface area contributed by atoms with Crippen LogP contribution in [0.1, 0.15) is 16.8 Å². The van der Waals surface area contributed by atoms with Gasteiger partial charge in [-0.25, -0.2) is 14.4 Å². The Kier molecular flexibility index (Phi) is 4.02. The van der Waals surface area contributed by atoms with Crippen LogP contribution in [-0.2, 0) is 6.54 Å². The number of pyridine rings is 1. The molecule has 1 saturated heterocycles. The molecule has 116 valence electrons. The van der Waals surface area contributed by atoms with E-state index in [2.05, 4.69) is 38.7 Å². The van der Waals surface area contributed by atoms with Gasteiger partial charge in [-0.1, -0.05) is 0 Å². The van der Waals surface area contributed by atoms with Crippen molar-refractivity contribution in [3.8, 4) is 0 Å². The largest absolute Gasteiger partial charge is 0.353 e. The summed E-state index contributed by atoms with van der Waals surface area (Å²) in [6, 6.07) is 1.98. The fraction of sp³-hybridized carbons (Fsp3) is 0.438. The highest BCUT2D eigenvalue weighted by molar-refractivity contribution is 5.50. The summed E-state index contributed by atoms with van der Waals surface area (Å²) in [6.07, 6.45) is 4.57. The van der Waals surface area contributed by atoms with Crippen molar-refractivity contribution in [2.45, 2.75) is 26.4 Å². The highest BCUT2D eigenvalue weighted by atomic mass is 19.1. The van der Waals surface area contributed by atoms with Gasteiger partial charge in [0.1, 0.15) is 18.0 Å². The summed E-state index contributed by atoms with van der Waals surface area (Å²) in [5, 5.41) is 0. The van der Waals surface area contributed by atoms with Crippen LogP contribution in [0, 0.1) is 19.7 Å². The van der Waals surface area contributed by atoms with Crippen molar-refractivity contribution in [1.82, 2.24) is 19.9 Å². The van der Waals surface area contributed by atoms with Crippen LogP contribution < -0.4 is 4.90 Å². The first-order valence-electron chi connectivity index (χ1n) is 7.37. The maximum absolute atomic E-state index is 13.2. The molecule has 0 aromatic carbocycles. The number of hydrogen-bond acceptors (Lipinski definition) is 5. The maximum Gasteiger partial charge on any atom is 0.141 e. The monoisotopic (exact) mass is 301 g/mol. The summed E-state index contributed by atoms with van der Waals surface area (Å²) in [5.74, 6) is 0.734. The standard InChI is InChI=1S/C16H20FN5/c1-11-12(2)19-10-20-16(11)22-8-15(9-22)21(3)7-13-4-14(17)6-18-5-13/h4-6,10,15H,7-9H2,1-3H3. The Bertz CT molecular complexity index is 669. The van der Waals surface area contributed by atoms with Gasteiger partial charge in [0.05, 0.1) is 6.20 Å². The molecule has 0 radical (unpaired) electrons. The second-order valence-electron chi connectivity index (χ2n) is 5.89. The molecule has 5 nitrogen and oxygen atoms in total. The summed E-state index contributed by atoms with van der Waals surface area (Å²) in [4.78, 5) is 17.0. The van der Waals surface area contributed by atoms with E-state index >= 15 is 0 Å². The van der Waals surface area contributed by atoms with Gasteiger partial charge in [0.15, 0.2) is 0 Å². The van der Waals surface area contributed by atoms with Gasteiger partial charge in [0.25, 0.3) is 0 Å². The zero-order valence-electron chi connectivity index (χ0n) is 13.1. The Morgan fingerprint density at radius 2 is 2.05 bits per heavy atom. The van der Waals surface area contributed by atoms with Gasteiger partial charge < -0.3 is 4.90 Å². The number of aromatic nitrogens is 3. The Balaban J connectivity index is 1.60. The lowest BCUT2D eigenvalue weighted by molar-refractivity contribution is 0.196. The molecule has 0 spiro atoms. The van der Waals surface area contributed by atoms with E-state index in [0.717, 1.165) is 35.7 Å². The van der Waals surface area contributed by atoms with Gasteiger partial charge >= 0.3 is 0 Å². The van der Waals surface area contributed by atoms with E-state index < -0.39 is 0 Å². The van der Waals surface area contributed by atoms with Crippen molar-refractivity contribution in [3.63, 3.8) is 0 Å². The van der Waals surface area contributed by atoms with Gasteiger partial charge in [0.2, 0.25) is 0 Å². The number of hydrogen-bond donors (Lipinski definition) is 0. The molecule has 0 saturated carbocycles. The lowest BCUT2D eigenvalue weighted by Gasteiger charge is -2.45. The maximum atomic E-state index is 13.2. The first-order chi connectivity index (χ1) is 10.5. The molecular formula is C16H20FN5. The minimum atomic E-state index is -0.284. The van der Waals surface area contributed by atoms with E-state index in [4.69, 9.17) is 0 Å². The third kappa shape index (κ3) is 2.92. The number of rotatable bonds is 4. The van der Waals surface area contributed by atoms with Crippen LogP contribution in [0.25, 0.3) is 0 Å². The number of aryl methyl sites for hydroxylation is 1. The van der Waals surface area contributed by atoms with Crippen LogP contribution in [0.15, 0.2) is 24.8 Å². The number of halogens is 1. The van der Waals surface area contributed by atoms with E-state index in [1.807, 2.05) is 6.92 Å². The van der Waals surface area contributed by atoms with Crippen molar-refractivity contribution in [2.75, 3.05) is 25.0 Å². The topological polar surface area (TPSA) is 45.2 Å². The second kappa shape index (κ2) is 5.96. The van der Waals surface area contributed by atoms with Gasteiger partial charge in [-0.15, -0.1) is 0 Å². The number of anilines is 1. The minimum Gasteiger partial charge on any atom is -0.353 e. The van der Waals surface area contributed by atoms with E-state index in [1.54, 1.807) is 12.5 Å². The second-order valence-corrected chi connectivity index (χ2v) is 5.89. The zero-order chi connectivity index (χ0) is 15.7. The molecule has 0 atom stereocenters. The number of nitrogens with zero attached hydrogens (tertiary/aromatic N) is 5. The zero-order valence-corrected chi connectivity index (χ0v) is 13.1. The summed E-state index contributed by atoms with van der Waals surface area (Å²) in [5.41, 5.74) is 3.06. The van der Waals surface area contributed by atoms with Crippen LogP contribution in [0.3, 0.4) is 0 Å². The molecule has 0 aliphatic carbocycles.